The molecule has 0 radical (unpaired) electrons. The number of rotatable bonds is 12. The van der Waals surface area contributed by atoms with Crippen molar-refractivity contribution < 1.29 is 14.2 Å². The van der Waals surface area contributed by atoms with E-state index in [0.29, 0.717) is 38.3 Å². The predicted octanol–water partition coefficient (Wildman–Crippen LogP) is 8.74. The van der Waals surface area contributed by atoms with Crippen LogP contribution in [0.1, 0.15) is 50.7 Å². The van der Waals surface area contributed by atoms with Gasteiger partial charge in [0, 0.05) is 11.1 Å². The van der Waals surface area contributed by atoms with Crippen LogP contribution in [-0.2, 0) is 4.74 Å². The topological polar surface area (TPSA) is 27.7 Å². The molecule has 0 N–H and O–H groups in total. The Morgan fingerprint density at radius 1 is 0.459 bits per heavy atom. The van der Waals surface area contributed by atoms with Gasteiger partial charge in [-0.15, -0.1) is 0 Å². The molecule has 0 bridgehead atoms. The van der Waals surface area contributed by atoms with Crippen molar-refractivity contribution in [2.75, 3.05) is 26.4 Å². The molecule has 0 aliphatic rings. The van der Waals surface area contributed by atoms with E-state index < -0.39 is 0 Å². The van der Waals surface area contributed by atoms with Crippen LogP contribution in [0.5, 0.6) is 11.5 Å². The van der Waals surface area contributed by atoms with Gasteiger partial charge in [0.1, 0.15) is 24.7 Å². The van der Waals surface area contributed by atoms with E-state index in [1.54, 1.807) is 0 Å². The summed E-state index contributed by atoms with van der Waals surface area (Å²) >= 11 is 0. The molecule has 0 heterocycles. The molecule has 0 atom stereocenters. The Bertz CT molecular complexity index is 1140. The van der Waals surface area contributed by atoms with Gasteiger partial charge < -0.3 is 14.2 Å². The minimum atomic E-state index is 0.486. The standard InChI is InChI=1S/C34H38O3/c1-25(2)27-13-17-29(18-14-27)31-9-5-7-11-33(31)36-23-21-35-22-24-37-34-12-8-6-10-32(34)30-19-15-28(16-20-30)26(3)4/h5-20,25-26H,21-24H2,1-4H3. The Kier molecular flexibility index (Phi) is 9.40. The fourth-order valence-corrected chi connectivity index (χ4v) is 4.28. The van der Waals surface area contributed by atoms with Gasteiger partial charge in [-0.1, -0.05) is 113 Å². The van der Waals surface area contributed by atoms with Gasteiger partial charge in [-0.2, -0.15) is 0 Å². The average molecular weight is 495 g/mol. The van der Waals surface area contributed by atoms with E-state index in [9.17, 15) is 0 Å². The van der Waals surface area contributed by atoms with Crippen LogP contribution in [0, 0.1) is 0 Å². The predicted molar refractivity (Wildman–Crippen MR) is 154 cm³/mol. The lowest BCUT2D eigenvalue weighted by Gasteiger charge is -2.14. The SMILES string of the molecule is CC(C)c1ccc(-c2ccccc2OCCOCCOc2ccccc2-c2ccc(C(C)C)cc2)cc1. The van der Waals surface area contributed by atoms with E-state index in [0.717, 1.165) is 33.8 Å². The molecule has 4 aromatic rings. The van der Waals surface area contributed by atoms with Crippen LogP contribution >= 0.6 is 0 Å². The van der Waals surface area contributed by atoms with Crippen molar-refractivity contribution in [1.29, 1.82) is 0 Å². The van der Waals surface area contributed by atoms with Gasteiger partial charge in [-0.05, 0) is 46.2 Å². The fourth-order valence-electron chi connectivity index (χ4n) is 4.28. The summed E-state index contributed by atoms with van der Waals surface area (Å²) in [7, 11) is 0. The normalized spacial score (nSPS) is 11.2. The van der Waals surface area contributed by atoms with Crippen molar-refractivity contribution in [2.24, 2.45) is 0 Å². The second kappa shape index (κ2) is 13.1. The summed E-state index contributed by atoms with van der Waals surface area (Å²) < 4.78 is 17.9. The van der Waals surface area contributed by atoms with E-state index in [1.807, 2.05) is 36.4 Å². The van der Waals surface area contributed by atoms with Crippen LogP contribution in [0.3, 0.4) is 0 Å². The molecule has 0 saturated heterocycles. The van der Waals surface area contributed by atoms with Gasteiger partial charge in [0.05, 0.1) is 13.2 Å². The summed E-state index contributed by atoms with van der Waals surface area (Å²) in [6.45, 7) is 10.8. The third-order valence-corrected chi connectivity index (χ3v) is 6.52. The van der Waals surface area contributed by atoms with E-state index >= 15 is 0 Å². The Morgan fingerprint density at radius 2 is 0.838 bits per heavy atom. The summed E-state index contributed by atoms with van der Waals surface area (Å²) in [6.07, 6.45) is 0. The molecule has 0 unspecified atom stereocenters. The van der Waals surface area contributed by atoms with Crippen LogP contribution in [0.4, 0.5) is 0 Å². The molecular weight excluding hydrogens is 456 g/mol. The lowest BCUT2D eigenvalue weighted by molar-refractivity contribution is 0.0767. The number of hydrogen-bond donors (Lipinski definition) is 0. The summed E-state index contributed by atoms with van der Waals surface area (Å²) in [5, 5.41) is 0. The fraction of sp³-hybridized carbons (Fsp3) is 0.294. The molecular formula is C34H38O3. The summed E-state index contributed by atoms with van der Waals surface area (Å²) in [6, 6.07) is 33.8. The Hall–Kier alpha value is -3.56. The molecule has 3 heteroatoms. The molecule has 0 spiro atoms. The number of para-hydroxylation sites is 2. The second-order valence-electron chi connectivity index (χ2n) is 9.86. The molecule has 0 aliphatic heterocycles. The molecule has 3 nitrogen and oxygen atoms in total. The van der Waals surface area contributed by atoms with Gasteiger partial charge in [0.25, 0.3) is 0 Å². The van der Waals surface area contributed by atoms with Gasteiger partial charge >= 0.3 is 0 Å². The minimum Gasteiger partial charge on any atom is -0.491 e. The average Bonchev–Trinajstić information content (AvgIpc) is 2.93. The highest BCUT2D eigenvalue weighted by molar-refractivity contribution is 5.71. The van der Waals surface area contributed by atoms with Gasteiger partial charge in [-0.3, -0.25) is 0 Å². The molecule has 0 saturated carbocycles. The van der Waals surface area contributed by atoms with Crippen molar-refractivity contribution in [1.82, 2.24) is 0 Å². The number of benzene rings is 4. The maximum atomic E-state index is 6.07. The molecule has 4 rings (SSSR count). The molecule has 37 heavy (non-hydrogen) atoms. The number of ether oxygens (including phenoxy) is 3. The van der Waals surface area contributed by atoms with Crippen molar-refractivity contribution >= 4 is 0 Å². The maximum Gasteiger partial charge on any atom is 0.127 e. The Labute approximate surface area is 222 Å². The maximum absolute atomic E-state index is 6.07. The zero-order chi connectivity index (χ0) is 26.0. The van der Waals surface area contributed by atoms with Gasteiger partial charge in [0.15, 0.2) is 0 Å². The zero-order valence-electron chi connectivity index (χ0n) is 22.4. The molecule has 4 aromatic carbocycles. The second-order valence-corrected chi connectivity index (χ2v) is 9.86. The minimum absolute atomic E-state index is 0.486. The summed E-state index contributed by atoms with van der Waals surface area (Å²) in [5.74, 6) is 2.78. The van der Waals surface area contributed by atoms with Crippen molar-refractivity contribution in [2.45, 2.75) is 39.5 Å². The van der Waals surface area contributed by atoms with Crippen molar-refractivity contribution in [3.63, 3.8) is 0 Å². The van der Waals surface area contributed by atoms with E-state index in [2.05, 4.69) is 88.4 Å². The summed E-state index contributed by atoms with van der Waals surface area (Å²) in [4.78, 5) is 0. The van der Waals surface area contributed by atoms with Crippen molar-refractivity contribution in [3.8, 4) is 33.8 Å². The van der Waals surface area contributed by atoms with Crippen LogP contribution < -0.4 is 9.47 Å². The van der Waals surface area contributed by atoms with Crippen LogP contribution in [-0.4, -0.2) is 26.4 Å². The molecule has 192 valence electrons. The zero-order valence-corrected chi connectivity index (χ0v) is 22.4. The first kappa shape index (κ1) is 26.5. The third kappa shape index (κ3) is 7.24. The van der Waals surface area contributed by atoms with Gasteiger partial charge in [-0.25, -0.2) is 0 Å². The highest BCUT2D eigenvalue weighted by Gasteiger charge is 2.09. The Balaban J connectivity index is 1.24. The Morgan fingerprint density at radius 3 is 1.22 bits per heavy atom. The monoisotopic (exact) mass is 494 g/mol. The third-order valence-electron chi connectivity index (χ3n) is 6.52. The first-order valence-corrected chi connectivity index (χ1v) is 13.2. The lowest BCUT2D eigenvalue weighted by atomic mass is 9.98. The molecule has 0 fully saturated rings. The first-order chi connectivity index (χ1) is 18.0. The highest BCUT2D eigenvalue weighted by atomic mass is 16.5. The number of hydrogen-bond acceptors (Lipinski definition) is 3. The molecule has 0 amide bonds. The summed E-state index contributed by atoms with van der Waals surface area (Å²) in [5.41, 5.74) is 7.19. The van der Waals surface area contributed by atoms with E-state index in [4.69, 9.17) is 14.2 Å². The van der Waals surface area contributed by atoms with Crippen molar-refractivity contribution in [3.05, 3.63) is 108 Å². The van der Waals surface area contributed by atoms with Crippen LogP contribution in [0.25, 0.3) is 22.3 Å². The molecule has 0 aromatic heterocycles. The van der Waals surface area contributed by atoms with Crippen LogP contribution in [0.2, 0.25) is 0 Å². The highest BCUT2D eigenvalue weighted by Crippen LogP contribution is 2.32. The van der Waals surface area contributed by atoms with E-state index in [-0.39, 0.29) is 0 Å². The van der Waals surface area contributed by atoms with Gasteiger partial charge in [0.2, 0.25) is 0 Å². The largest absolute Gasteiger partial charge is 0.491 e. The lowest BCUT2D eigenvalue weighted by Crippen LogP contribution is -2.12. The quantitative estimate of drug-likeness (QED) is 0.184. The molecule has 0 aliphatic carbocycles. The van der Waals surface area contributed by atoms with Crippen LogP contribution in [0.15, 0.2) is 97.1 Å². The first-order valence-electron chi connectivity index (χ1n) is 13.2. The smallest absolute Gasteiger partial charge is 0.127 e. The van der Waals surface area contributed by atoms with E-state index in [1.165, 1.54) is 11.1 Å².